The van der Waals surface area contributed by atoms with E-state index in [-0.39, 0.29) is 37.7 Å². The topological polar surface area (TPSA) is 150 Å². The fourth-order valence-electron chi connectivity index (χ4n) is 3.18. The van der Waals surface area contributed by atoms with Gasteiger partial charge < -0.3 is 31.5 Å². The van der Waals surface area contributed by atoms with Gasteiger partial charge in [0.15, 0.2) is 0 Å². The molecule has 0 fully saturated rings. The van der Waals surface area contributed by atoms with Crippen LogP contribution in [0.1, 0.15) is 31.2 Å². The van der Waals surface area contributed by atoms with E-state index in [0.29, 0.717) is 32.2 Å². The standard InChI is InChI=1S/C19H32BN3O5/c21-11-12-23(14-16(13-18(24)25)7-4-10-20(27)28)19(26)17(22)9-8-15-5-2-1-3-6-15/h1-3,5-6,16-17,27-28H,4,7-14,21-22H2,(H,24,25)/t16?,17-/m0/s1. The van der Waals surface area contributed by atoms with E-state index in [1.165, 1.54) is 0 Å². The predicted molar refractivity (Wildman–Crippen MR) is 108 cm³/mol. The van der Waals surface area contributed by atoms with Crippen molar-refractivity contribution < 1.29 is 24.7 Å². The minimum absolute atomic E-state index is 0.102. The quantitative estimate of drug-likeness (QED) is 0.281. The van der Waals surface area contributed by atoms with Gasteiger partial charge in [-0.05, 0) is 37.1 Å². The Hall–Kier alpha value is -1.94. The lowest BCUT2D eigenvalue weighted by atomic mass is 9.81. The highest BCUT2D eigenvalue weighted by atomic mass is 16.4. The zero-order valence-electron chi connectivity index (χ0n) is 16.2. The van der Waals surface area contributed by atoms with Crippen LogP contribution >= 0.6 is 0 Å². The molecule has 1 unspecified atom stereocenters. The first-order valence-corrected chi connectivity index (χ1v) is 9.69. The molecule has 0 spiro atoms. The number of hydrogen-bond acceptors (Lipinski definition) is 6. The minimum atomic E-state index is -1.42. The molecule has 0 heterocycles. The van der Waals surface area contributed by atoms with Crippen LogP contribution in [0.15, 0.2) is 30.3 Å². The van der Waals surface area contributed by atoms with Crippen molar-refractivity contribution in [3.63, 3.8) is 0 Å². The van der Waals surface area contributed by atoms with Crippen molar-refractivity contribution in [1.82, 2.24) is 4.90 Å². The number of carboxylic acids is 1. The monoisotopic (exact) mass is 393 g/mol. The minimum Gasteiger partial charge on any atom is -0.481 e. The molecule has 1 aromatic rings. The van der Waals surface area contributed by atoms with E-state index in [4.69, 9.17) is 26.6 Å². The van der Waals surface area contributed by atoms with Crippen molar-refractivity contribution in [2.45, 2.75) is 44.5 Å². The van der Waals surface area contributed by atoms with E-state index >= 15 is 0 Å². The summed E-state index contributed by atoms with van der Waals surface area (Å²) in [7, 11) is -1.42. The normalized spacial score (nSPS) is 13.0. The van der Waals surface area contributed by atoms with Gasteiger partial charge in [0.05, 0.1) is 6.04 Å². The number of carboxylic acid groups (broad SMARTS) is 1. The van der Waals surface area contributed by atoms with Crippen LogP contribution in [0.5, 0.6) is 0 Å². The predicted octanol–water partition coefficient (Wildman–Crippen LogP) is 0.0777. The van der Waals surface area contributed by atoms with E-state index < -0.39 is 19.1 Å². The first-order valence-electron chi connectivity index (χ1n) is 9.69. The van der Waals surface area contributed by atoms with E-state index in [1.807, 2.05) is 30.3 Å². The van der Waals surface area contributed by atoms with Crippen LogP contribution in [0, 0.1) is 5.92 Å². The van der Waals surface area contributed by atoms with Gasteiger partial charge in [-0.2, -0.15) is 0 Å². The molecule has 0 bridgehead atoms. The Morgan fingerprint density at radius 2 is 1.82 bits per heavy atom. The molecule has 0 saturated carbocycles. The molecule has 28 heavy (non-hydrogen) atoms. The highest BCUT2D eigenvalue weighted by molar-refractivity contribution is 6.40. The number of carbonyl (C=O) groups is 2. The zero-order chi connectivity index (χ0) is 20.9. The number of nitrogens with two attached hydrogens (primary N) is 2. The summed E-state index contributed by atoms with van der Waals surface area (Å²) < 4.78 is 0. The molecule has 0 aliphatic rings. The number of aryl methyl sites for hydroxylation is 1. The van der Waals surface area contributed by atoms with E-state index in [2.05, 4.69) is 0 Å². The first-order chi connectivity index (χ1) is 13.3. The number of hydrogen-bond donors (Lipinski definition) is 5. The van der Waals surface area contributed by atoms with Gasteiger partial charge in [0, 0.05) is 26.1 Å². The highest BCUT2D eigenvalue weighted by Crippen LogP contribution is 2.17. The Bertz CT molecular complexity index is 588. The lowest BCUT2D eigenvalue weighted by Crippen LogP contribution is -2.47. The van der Waals surface area contributed by atoms with Gasteiger partial charge >= 0.3 is 13.1 Å². The molecule has 9 heteroatoms. The zero-order valence-corrected chi connectivity index (χ0v) is 16.2. The summed E-state index contributed by atoms with van der Waals surface area (Å²) in [6.45, 7) is 0.797. The Kier molecular flexibility index (Phi) is 11.4. The fraction of sp³-hybridized carbons (Fsp3) is 0.579. The number of benzene rings is 1. The Morgan fingerprint density at radius 3 is 2.39 bits per heavy atom. The third kappa shape index (κ3) is 9.84. The van der Waals surface area contributed by atoms with Crippen LogP contribution in [-0.2, 0) is 16.0 Å². The molecule has 7 N–H and O–H groups in total. The van der Waals surface area contributed by atoms with Crippen LogP contribution in [0.3, 0.4) is 0 Å². The molecule has 1 amide bonds. The van der Waals surface area contributed by atoms with E-state index in [0.717, 1.165) is 5.56 Å². The lowest BCUT2D eigenvalue weighted by Gasteiger charge is -2.29. The molecule has 8 nitrogen and oxygen atoms in total. The number of rotatable bonds is 14. The third-order valence-corrected chi connectivity index (χ3v) is 4.63. The molecule has 0 radical (unpaired) electrons. The molecular formula is C19H32BN3O5. The Labute approximate surface area is 166 Å². The van der Waals surface area contributed by atoms with Gasteiger partial charge in [0.25, 0.3) is 0 Å². The van der Waals surface area contributed by atoms with Crippen LogP contribution in [0.25, 0.3) is 0 Å². The Morgan fingerprint density at radius 1 is 1.14 bits per heavy atom. The van der Waals surface area contributed by atoms with Crippen LogP contribution in [-0.4, -0.2) is 64.7 Å². The molecule has 2 atom stereocenters. The smallest absolute Gasteiger partial charge is 0.451 e. The summed E-state index contributed by atoms with van der Waals surface area (Å²) in [6, 6.07) is 9.07. The maximum Gasteiger partial charge on any atom is 0.451 e. The van der Waals surface area contributed by atoms with Gasteiger partial charge in [-0.1, -0.05) is 36.8 Å². The number of amides is 1. The number of carbonyl (C=O) groups excluding carboxylic acids is 1. The largest absolute Gasteiger partial charge is 0.481 e. The van der Waals surface area contributed by atoms with E-state index in [9.17, 15) is 9.59 Å². The summed E-state index contributed by atoms with van der Waals surface area (Å²) in [4.78, 5) is 25.5. The van der Waals surface area contributed by atoms with Gasteiger partial charge in [0.2, 0.25) is 5.91 Å². The first kappa shape index (κ1) is 24.1. The van der Waals surface area contributed by atoms with Crippen LogP contribution in [0.4, 0.5) is 0 Å². The van der Waals surface area contributed by atoms with Gasteiger partial charge in [0.1, 0.15) is 0 Å². The van der Waals surface area contributed by atoms with E-state index in [1.54, 1.807) is 4.90 Å². The fourth-order valence-corrected chi connectivity index (χ4v) is 3.18. The second-order valence-corrected chi connectivity index (χ2v) is 7.08. The van der Waals surface area contributed by atoms with Crippen molar-refractivity contribution in [3.05, 3.63) is 35.9 Å². The average molecular weight is 393 g/mol. The molecule has 0 aliphatic carbocycles. The van der Waals surface area contributed by atoms with Crippen molar-refractivity contribution in [2.24, 2.45) is 17.4 Å². The molecule has 0 saturated heterocycles. The van der Waals surface area contributed by atoms with Crippen molar-refractivity contribution in [2.75, 3.05) is 19.6 Å². The van der Waals surface area contributed by atoms with Crippen LogP contribution < -0.4 is 11.5 Å². The van der Waals surface area contributed by atoms with Crippen molar-refractivity contribution in [1.29, 1.82) is 0 Å². The Balaban J connectivity index is 2.66. The molecule has 0 aliphatic heterocycles. The van der Waals surface area contributed by atoms with Crippen molar-refractivity contribution >= 4 is 19.0 Å². The number of nitrogens with zero attached hydrogens (tertiary/aromatic N) is 1. The van der Waals surface area contributed by atoms with Gasteiger partial charge in [-0.15, -0.1) is 0 Å². The van der Waals surface area contributed by atoms with Gasteiger partial charge in [-0.25, -0.2) is 0 Å². The highest BCUT2D eigenvalue weighted by Gasteiger charge is 2.25. The summed E-state index contributed by atoms with van der Waals surface area (Å²) in [5.74, 6) is -1.49. The molecular weight excluding hydrogens is 361 g/mol. The molecule has 156 valence electrons. The molecule has 1 aromatic carbocycles. The molecule has 0 aromatic heterocycles. The maximum atomic E-state index is 12.8. The summed E-state index contributed by atoms with van der Waals surface area (Å²) in [5, 5.41) is 27.1. The maximum absolute atomic E-state index is 12.8. The summed E-state index contributed by atoms with van der Waals surface area (Å²) in [5.41, 5.74) is 12.8. The number of aliphatic carboxylic acids is 1. The lowest BCUT2D eigenvalue weighted by molar-refractivity contribution is -0.140. The summed E-state index contributed by atoms with van der Waals surface area (Å²) >= 11 is 0. The van der Waals surface area contributed by atoms with Crippen molar-refractivity contribution in [3.8, 4) is 0 Å². The third-order valence-electron chi connectivity index (χ3n) is 4.63. The SMILES string of the molecule is NCCN(CC(CCCB(O)O)CC(=O)O)C(=O)[C@@H](N)CCc1ccccc1. The van der Waals surface area contributed by atoms with Gasteiger partial charge in [-0.3, -0.25) is 9.59 Å². The van der Waals surface area contributed by atoms with Crippen LogP contribution in [0.2, 0.25) is 6.32 Å². The second-order valence-electron chi connectivity index (χ2n) is 7.08. The molecule has 1 rings (SSSR count). The average Bonchev–Trinajstić information content (AvgIpc) is 2.65. The second kappa shape index (κ2) is 13.3. The summed E-state index contributed by atoms with van der Waals surface area (Å²) in [6.07, 6.45) is 2.16.